The van der Waals surface area contributed by atoms with Crippen LogP contribution >= 0.6 is 0 Å². The Kier molecular flexibility index (Phi) is 3.49. The minimum absolute atomic E-state index is 0.127. The zero-order valence-corrected chi connectivity index (χ0v) is 11.4. The van der Waals surface area contributed by atoms with Crippen molar-refractivity contribution in [2.24, 2.45) is 0 Å². The first-order valence-electron chi connectivity index (χ1n) is 6.51. The van der Waals surface area contributed by atoms with Gasteiger partial charge in [0, 0.05) is 22.8 Å². The number of phenolic OH excluding ortho intramolecular Hbond substituents is 1. The average Bonchev–Trinajstić information content (AvgIpc) is 2.50. The van der Waals surface area contributed by atoms with E-state index in [1.165, 1.54) is 18.2 Å². The lowest BCUT2D eigenvalue weighted by molar-refractivity contribution is 0.262. The van der Waals surface area contributed by atoms with Crippen molar-refractivity contribution in [1.82, 2.24) is 0 Å². The van der Waals surface area contributed by atoms with Crippen LogP contribution in [-0.4, -0.2) is 11.1 Å². The van der Waals surface area contributed by atoms with Gasteiger partial charge in [0.1, 0.15) is 11.3 Å². The van der Waals surface area contributed by atoms with Crippen molar-refractivity contribution in [2.45, 2.75) is 0 Å². The van der Waals surface area contributed by atoms with Crippen LogP contribution in [0.3, 0.4) is 0 Å². The van der Waals surface area contributed by atoms with Crippen molar-refractivity contribution in [1.29, 1.82) is 0 Å². The number of anilines is 2. The number of phenols is 1. The molecule has 1 aromatic heterocycles. The van der Waals surface area contributed by atoms with Gasteiger partial charge in [-0.15, -0.1) is 0 Å². The van der Waals surface area contributed by atoms with Crippen LogP contribution < -0.4 is 16.3 Å². The number of nitrogens with one attached hydrogen (secondary N) is 2. The summed E-state index contributed by atoms with van der Waals surface area (Å²) in [7, 11) is 0. The molecule has 0 aliphatic heterocycles. The Bertz CT molecular complexity index is 885. The highest BCUT2D eigenvalue weighted by atomic mass is 16.4. The number of amides is 2. The third-order valence-electron chi connectivity index (χ3n) is 3.00. The minimum Gasteiger partial charge on any atom is -0.508 e. The van der Waals surface area contributed by atoms with Crippen LogP contribution in [0.15, 0.2) is 63.8 Å². The maximum absolute atomic E-state index is 11.9. The normalized spacial score (nSPS) is 10.4. The van der Waals surface area contributed by atoms with E-state index in [9.17, 15) is 14.7 Å². The summed E-state index contributed by atoms with van der Waals surface area (Å²) in [5.74, 6) is 0.127. The summed E-state index contributed by atoms with van der Waals surface area (Å²) >= 11 is 0. The molecular formula is C16H12N2O4. The second-order valence-electron chi connectivity index (χ2n) is 4.63. The summed E-state index contributed by atoms with van der Waals surface area (Å²) in [5, 5.41) is 15.2. The quantitative estimate of drug-likeness (QED) is 0.500. The number of carbonyl (C=O) groups is 1. The molecule has 0 spiro atoms. The SMILES string of the molecule is O=C(Nc1ccc(O)cc1)Nc1ccc2oc(=O)ccc2c1. The van der Waals surface area contributed by atoms with Gasteiger partial charge in [0.05, 0.1) is 0 Å². The summed E-state index contributed by atoms with van der Waals surface area (Å²) in [6.07, 6.45) is 0. The van der Waals surface area contributed by atoms with E-state index >= 15 is 0 Å². The molecule has 0 aliphatic carbocycles. The van der Waals surface area contributed by atoms with Crippen LogP contribution in [0.2, 0.25) is 0 Å². The van der Waals surface area contributed by atoms with Gasteiger partial charge in [-0.1, -0.05) is 0 Å². The largest absolute Gasteiger partial charge is 0.508 e. The Morgan fingerprint density at radius 3 is 2.36 bits per heavy atom. The standard InChI is InChI=1S/C16H12N2O4/c19-13-5-2-11(3-6-13)17-16(21)18-12-4-7-14-10(9-12)1-8-15(20)22-14/h1-9,19H,(H2,17,18,21). The monoisotopic (exact) mass is 296 g/mol. The molecule has 1 heterocycles. The molecular weight excluding hydrogens is 284 g/mol. The number of hydrogen-bond donors (Lipinski definition) is 3. The zero-order valence-electron chi connectivity index (χ0n) is 11.4. The summed E-state index contributed by atoms with van der Waals surface area (Å²) in [5.41, 5.74) is 1.16. The lowest BCUT2D eigenvalue weighted by atomic mass is 10.2. The van der Waals surface area contributed by atoms with Gasteiger partial charge in [0.25, 0.3) is 0 Å². The van der Waals surface area contributed by atoms with Crippen molar-refractivity contribution in [3.05, 3.63) is 65.0 Å². The third-order valence-corrected chi connectivity index (χ3v) is 3.00. The third kappa shape index (κ3) is 3.06. The van der Waals surface area contributed by atoms with Crippen LogP contribution in [0.25, 0.3) is 11.0 Å². The molecule has 2 amide bonds. The highest BCUT2D eigenvalue weighted by Gasteiger charge is 2.04. The van der Waals surface area contributed by atoms with E-state index in [4.69, 9.17) is 4.42 Å². The number of rotatable bonds is 2. The number of hydrogen-bond acceptors (Lipinski definition) is 4. The van der Waals surface area contributed by atoms with Crippen LogP contribution in [-0.2, 0) is 0 Å². The van der Waals surface area contributed by atoms with Gasteiger partial charge in [0.2, 0.25) is 0 Å². The zero-order chi connectivity index (χ0) is 15.5. The lowest BCUT2D eigenvalue weighted by Gasteiger charge is -2.08. The highest BCUT2D eigenvalue weighted by Crippen LogP contribution is 2.18. The number of fused-ring (bicyclic) bond motifs is 1. The Morgan fingerprint density at radius 2 is 1.59 bits per heavy atom. The molecule has 0 unspecified atom stereocenters. The number of aromatic hydroxyl groups is 1. The maximum atomic E-state index is 11.9. The van der Waals surface area contributed by atoms with E-state index in [0.717, 1.165) is 0 Å². The Labute approximate surface area is 125 Å². The van der Waals surface area contributed by atoms with E-state index in [1.807, 2.05) is 0 Å². The molecule has 22 heavy (non-hydrogen) atoms. The Balaban J connectivity index is 1.74. The number of urea groups is 1. The van der Waals surface area contributed by atoms with Crippen LogP contribution in [0, 0.1) is 0 Å². The van der Waals surface area contributed by atoms with Crippen molar-refractivity contribution in [3.63, 3.8) is 0 Å². The van der Waals surface area contributed by atoms with Gasteiger partial charge in [-0.25, -0.2) is 9.59 Å². The van der Waals surface area contributed by atoms with Gasteiger partial charge >= 0.3 is 11.7 Å². The predicted molar refractivity (Wildman–Crippen MR) is 83.2 cm³/mol. The van der Waals surface area contributed by atoms with Crippen molar-refractivity contribution in [3.8, 4) is 5.75 Å². The van der Waals surface area contributed by atoms with Crippen molar-refractivity contribution >= 4 is 28.4 Å². The van der Waals surface area contributed by atoms with Gasteiger partial charge in [0.15, 0.2) is 0 Å². The van der Waals surface area contributed by atoms with E-state index in [-0.39, 0.29) is 5.75 Å². The first-order chi connectivity index (χ1) is 10.6. The molecule has 3 rings (SSSR count). The second kappa shape index (κ2) is 5.61. The van der Waals surface area contributed by atoms with Gasteiger partial charge in [-0.05, 0) is 48.5 Å². The van der Waals surface area contributed by atoms with E-state index < -0.39 is 11.7 Å². The fourth-order valence-corrected chi connectivity index (χ4v) is 1.99. The van der Waals surface area contributed by atoms with Gasteiger partial charge in [-0.3, -0.25) is 0 Å². The smallest absolute Gasteiger partial charge is 0.336 e. The lowest BCUT2D eigenvalue weighted by Crippen LogP contribution is -2.19. The molecule has 0 bridgehead atoms. The molecule has 2 aromatic carbocycles. The fourth-order valence-electron chi connectivity index (χ4n) is 1.99. The molecule has 0 saturated heterocycles. The molecule has 0 atom stereocenters. The number of carbonyl (C=O) groups excluding carboxylic acids is 1. The topological polar surface area (TPSA) is 91.6 Å². The molecule has 0 saturated carbocycles. The molecule has 0 fully saturated rings. The van der Waals surface area contributed by atoms with E-state index in [2.05, 4.69) is 10.6 Å². The van der Waals surface area contributed by atoms with Gasteiger partial charge in [-0.2, -0.15) is 0 Å². The van der Waals surface area contributed by atoms with Crippen molar-refractivity contribution in [2.75, 3.05) is 10.6 Å². The Morgan fingerprint density at radius 1 is 0.909 bits per heavy atom. The molecule has 3 aromatic rings. The fraction of sp³-hybridized carbons (Fsp3) is 0. The van der Waals surface area contributed by atoms with E-state index in [1.54, 1.807) is 36.4 Å². The Hall–Kier alpha value is -3.28. The predicted octanol–water partition coefficient (Wildman–Crippen LogP) is 3.14. The second-order valence-corrected chi connectivity index (χ2v) is 4.63. The molecule has 6 nitrogen and oxygen atoms in total. The molecule has 3 N–H and O–H groups in total. The maximum Gasteiger partial charge on any atom is 0.336 e. The number of benzene rings is 2. The minimum atomic E-state index is -0.418. The summed E-state index contributed by atoms with van der Waals surface area (Å²) in [4.78, 5) is 23.0. The molecule has 110 valence electrons. The highest BCUT2D eigenvalue weighted by molar-refractivity contribution is 6.00. The molecule has 0 aliphatic rings. The summed E-state index contributed by atoms with van der Waals surface area (Å²) in [6.45, 7) is 0. The molecule has 0 radical (unpaired) electrons. The van der Waals surface area contributed by atoms with Crippen LogP contribution in [0.4, 0.5) is 16.2 Å². The van der Waals surface area contributed by atoms with Crippen LogP contribution in [0.1, 0.15) is 0 Å². The summed E-state index contributed by atoms with van der Waals surface area (Å²) in [6, 6.07) is 13.6. The summed E-state index contributed by atoms with van der Waals surface area (Å²) < 4.78 is 5.02. The first kappa shape index (κ1) is 13.7. The van der Waals surface area contributed by atoms with Crippen molar-refractivity contribution < 1.29 is 14.3 Å². The van der Waals surface area contributed by atoms with E-state index in [0.29, 0.717) is 22.3 Å². The van der Waals surface area contributed by atoms with Crippen LogP contribution in [0.5, 0.6) is 5.75 Å². The molecule has 6 heteroatoms. The average molecular weight is 296 g/mol. The first-order valence-corrected chi connectivity index (χ1v) is 6.51. The van der Waals surface area contributed by atoms with Gasteiger partial charge < -0.3 is 20.2 Å².